The van der Waals surface area contributed by atoms with E-state index in [4.69, 9.17) is 4.74 Å². The highest BCUT2D eigenvalue weighted by Crippen LogP contribution is 2.34. The van der Waals surface area contributed by atoms with Gasteiger partial charge in [0.15, 0.2) is 0 Å². The molecule has 2 aliphatic heterocycles. The molecule has 152 valence electrons. The van der Waals surface area contributed by atoms with E-state index in [2.05, 4.69) is 0 Å². The van der Waals surface area contributed by atoms with Crippen LogP contribution in [-0.4, -0.2) is 53.0 Å². The molecule has 0 saturated carbocycles. The zero-order chi connectivity index (χ0) is 20.4. The third kappa shape index (κ3) is 4.03. The Labute approximate surface area is 170 Å². The Kier molecular flexibility index (Phi) is 5.37. The normalized spacial score (nSPS) is 24.3. The summed E-state index contributed by atoms with van der Waals surface area (Å²) in [5.41, 5.74) is 0.838. The van der Waals surface area contributed by atoms with Crippen LogP contribution in [0.2, 0.25) is 0 Å². The molecule has 2 heterocycles. The second kappa shape index (κ2) is 7.95. The fourth-order valence-electron chi connectivity index (χ4n) is 4.37. The van der Waals surface area contributed by atoms with Crippen LogP contribution in [0.1, 0.15) is 24.5 Å². The number of benzene rings is 2. The molecule has 2 aromatic carbocycles. The van der Waals surface area contributed by atoms with Gasteiger partial charge in [-0.1, -0.05) is 48.5 Å². The van der Waals surface area contributed by atoms with Crippen molar-refractivity contribution < 1.29 is 18.7 Å². The van der Waals surface area contributed by atoms with Gasteiger partial charge in [0.25, 0.3) is 0 Å². The Morgan fingerprint density at radius 2 is 1.90 bits per heavy atom. The SMILES string of the molecule is C[C@@]12CN(C(=O)Cc3ccccc3F)CC[C@H]1N(Cc1ccccc1)C(=O)CO2. The van der Waals surface area contributed by atoms with Crippen LogP contribution in [0.5, 0.6) is 0 Å². The maximum Gasteiger partial charge on any atom is 0.249 e. The van der Waals surface area contributed by atoms with E-state index in [1.54, 1.807) is 23.1 Å². The van der Waals surface area contributed by atoms with Crippen LogP contribution in [0.25, 0.3) is 0 Å². The predicted octanol–water partition coefficient (Wildman–Crippen LogP) is 2.79. The number of rotatable bonds is 4. The van der Waals surface area contributed by atoms with Gasteiger partial charge in [-0.15, -0.1) is 0 Å². The third-order valence-electron chi connectivity index (χ3n) is 5.95. The molecule has 2 fully saturated rings. The third-order valence-corrected chi connectivity index (χ3v) is 5.95. The Hall–Kier alpha value is -2.73. The molecule has 0 radical (unpaired) electrons. The van der Waals surface area contributed by atoms with Crippen molar-refractivity contribution in [1.82, 2.24) is 9.80 Å². The van der Waals surface area contributed by atoms with Crippen LogP contribution in [0.3, 0.4) is 0 Å². The Balaban J connectivity index is 1.47. The molecule has 0 aliphatic carbocycles. The molecule has 2 amide bonds. The molecule has 4 rings (SSSR count). The van der Waals surface area contributed by atoms with Crippen LogP contribution in [0.15, 0.2) is 54.6 Å². The first-order valence-electron chi connectivity index (χ1n) is 9.95. The van der Waals surface area contributed by atoms with E-state index < -0.39 is 5.60 Å². The van der Waals surface area contributed by atoms with Crippen molar-refractivity contribution in [3.63, 3.8) is 0 Å². The summed E-state index contributed by atoms with van der Waals surface area (Å²) in [7, 11) is 0. The number of piperidine rings is 1. The number of fused-ring (bicyclic) bond motifs is 1. The molecular weight excluding hydrogens is 371 g/mol. The Morgan fingerprint density at radius 3 is 2.66 bits per heavy atom. The first-order chi connectivity index (χ1) is 14.0. The molecule has 29 heavy (non-hydrogen) atoms. The molecule has 0 aromatic heterocycles. The number of hydrogen-bond donors (Lipinski definition) is 0. The molecule has 2 atom stereocenters. The standard InChI is InChI=1S/C23H25FN2O3/c1-23-16-25(21(27)13-18-9-5-6-10-19(18)24)12-11-20(23)26(22(28)15-29-23)14-17-7-3-2-4-8-17/h2-10,20H,11-16H2,1H3/t20-,23-/m1/s1. The summed E-state index contributed by atoms with van der Waals surface area (Å²) >= 11 is 0. The first-order valence-corrected chi connectivity index (χ1v) is 9.95. The second-order valence-corrected chi connectivity index (χ2v) is 8.00. The highest BCUT2D eigenvalue weighted by Gasteiger charge is 2.49. The van der Waals surface area contributed by atoms with Crippen molar-refractivity contribution in [3.05, 3.63) is 71.5 Å². The lowest BCUT2D eigenvalue weighted by Gasteiger charge is -2.53. The van der Waals surface area contributed by atoms with E-state index in [1.807, 2.05) is 42.2 Å². The van der Waals surface area contributed by atoms with Gasteiger partial charge >= 0.3 is 0 Å². The largest absolute Gasteiger partial charge is 0.361 e. The number of amides is 2. The Morgan fingerprint density at radius 1 is 1.17 bits per heavy atom. The fraction of sp³-hybridized carbons (Fsp3) is 0.391. The van der Waals surface area contributed by atoms with Crippen LogP contribution in [-0.2, 0) is 27.3 Å². The first kappa shape index (κ1) is 19.6. The van der Waals surface area contributed by atoms with E-state index in [-0.39, 0.29) is 36.7 Å². The molecule has 5 nitrogen and oxygen atoms in total. The van der Waals surface area contributed by atoms with Crippen molar-refractivity contribution >= 4 is 11.8 Å². The van der Waals surface area contributed by atoms with Crippen molar-refractivity contribution in [2.24, 2.45) is 0 Å². The van der Waals surface area contributed by atoms with E-state index in [0.717, 1.165) is 5.56 Å². The van der Waals surface area contributed by atoms with Crippen molar-refractivity contribution in [3.8, 4) is 0 Å². The number of morpholine rings is 1. The number of carbonyl (C=O) groups excluding carboxylic acids is 2. The van der Waals surface area contributed by atoms with E-state index >= 15 is 0 Å². The fourth-order valence-corrected chi connectivity index (χ4v) is 4.37. The second-order valence-electron chi connectivity index (χ2n) is 8.00. The van der Waals surface area contributed by atoms with Gasteiger partial charge in [-0.3, -0.25) is 9.59 Å². The molecule has 2 aliphatic rings. The lowest BCUT2D eigenvalue weighted by molar-refractivity contribution is -0.190. The highest BCUT2D eigenvalue weighted by molar-refractivity contribution is 5.80. The summed E-state index contributed by atoms with van der Waals surface area (Å²) in [6.45, 7) is 3.42. The van der Waals surface area contributed by atoms with Crippen LogP contribution < -0.4 is 0 Å². The lowest BCUT2D eigenvalue weighted by Crippen LogP contribution is -2.68. The summed E-state index contributed by atoms with van der Waals surface area (Å²) in [6.07, 6.45) is 0.665. The van der Waals surface area contributed by atoms with Crippen LogP contribution in [0.4, 0.5) is 4.39 Å². The van der Waals surface area contributed by atoms with Crippen LogP contribution >= 0.6 is 0 Å². The predicted molar refractivity (Wildman–Crippen MR) is 106 cm³/mol. The van der Waals surface area contributed by atoms with E-state index in [1.165, 1.54) is 6.07 Å². The van der Waals surface area contributed by atoms with E-state index in [0.29, 0.717) is 31.6 Å². The number of carbonyl (C=O) groups is 2. The number of hydrogen-bond acceptors (Lipinski definition) is 3. The zero-order valence-electron chi connectivity index (χ0n) is 16.5. The summed E-state index contributed by atoms with van der Waals surface area (Å²) < 4.78 is 19.9. The summed E-state index contributed by atoms with van der Waals surface area (Å²) in [6, 6.07) is 16.1. The van der Waals surface area contributed by atoms with Crippen molar-refractivity contribution in [2.75, 3.05) is 19.7 Å². The lowest BCUT2D eigenvalue weighted by atomic mass is 9.85. The van der Waals surface area contributed by atoms with Gasteiger partial charge in [0.2, 0.25) is 11.8 Å². The number of likely N-dealkylation sites (tertiary alicyclic amines) is 1. The number of nitrogens with zero attached hydrogens (tertiary/aromatic N) is 2. The minimum Gasteiger partial charge on any atom is -0.361 e. The summed E-state index contributed by atoms with van der Waals surface area (Å²) in [5, 5.41) is 0. The van der Waals surface area contributed by atoms with Crippen molar-refractivity contribution in [1.29, 1.82) is 0 Å². The quantitative estimate of drug-likeness (QED) is 0.799. The van der Waals surface area contributed by atoms with Gasteiger partial charge < -0.3 is 14.5 Å². The smallest absolute Gasteiger partial charge is 0.249 e. The molecular formula is C23H25FN2O3. The molecule has 0 spiro atoms. The van der Waals surface area contributed by atoms with Gasteiger partial charge in [-0.05, 0) is 30.5 Å². The minimum absolute atomic E-state index is 0.00910. The van der Waals surface area contributed by atoms with E-state index in [9.17, 15) is 14.0 Å². The summed E-state index contributed by atoms with van der Waals surface area (Å²) in [5.74, 6) is -0.511. The van der Waals surface area contributed by atoms with Crippen molar-refractivity contribution in [2.45, 2.75) is 38.0 Å². The molecule has 2 aromatic rings. The highest BCUT2D eigenvalue weighted by atomic mass is 19.1. The van der Waals surface area contributed by atoms with Gasteiger partial charge in [0.05, 0.1) is 19.0 Å². The average Bonchev–Trinajstić information content (AvgIpc) is 2.72. The van der Waals surface area contributed by atoms with Gasteiger partial charge in [0, 0.05) is 13.1 Å². The average molecular weight is 396 g/mol. The Bertz CT molecular complexity index is 904. The summed E-state index contributed by atoms with van der Waals surface area (Å²) in [4.78, 5) is 29.0. The maximum absolute atomic E-state index is 13.9. The topological polar surface area (TPSA) is 49.9 Å². The zero-order valence-corrected chi connectivity index (χ0v) is 16.5. The van der Waals surface area contributed by atoms with Gasteiger partial charge in [-0.2, -0.15) is 0 Å². The molecule has 0 unspecified atom stereocenters. The maximum atomic E-state index is 13.9. The molecule has 2 saturated heterocycles. The molecule has 0 bridgehead atoms. The monoisotopic (exact) mass is 396 g/mol. The van der Waals surface area contributed by atoms with Gasteiger partial charge in [0.1, 0.15) is 18.0 Å². The molecule has 6 heteroatoms. The van der Waals surface area contributed by atoms with Gasteiger partial charge in [-0.25, -0.2) is 4.39 Å². The van der Waals surface area contributed by atoms with Crippen LogP contribution in [0, 0.1) is 5.82 Å². The molecule has 0 N–H and O–H groups in total. The minimum atomic E-state index is -0.633. The number of ether oxygens (including phenoxy) is 1. The number of halogens is 1.